The van der Waals surface area contributed by atoms with E-state index in [1.165, 1.54) is 38.6 Å². The van der Waals surface area contributed by atoms with Gasteiger partial charge in [-0.05, 0) is 57.4 Å². The summed E-state index contributed by atoms with van der Waals surface area (Å²) >= 11 is 0. The van der Waals surface area contributed by atoms with Crippen LogP contribution >= 0.6 is 0 Å². The van der Waals surface area contributed by atoms with E-state index in [1.54, 1.807) is 0 Å². The molecule has 2 heteroatoms. The Bertz CT molecular complexity index is 166. The zero-order chi connectivity index (χ0) is 9.80. The number of hydrogen-bond acceptors (Lipinski definition) is 2. The Balaban J connectivity index is 1.72. The van der Waals surface area contributed by atoms with Crippen molar-refractivity contribution in [1.82, 2.24) is 5.32 Å². The highest BCUT2D eigenvalue weighted by atomic mass is 16.5. The van der Waals surface area contributed by atoms with Crippen molar-refractivity contribution in [2.75, 3.05) is 19.8 Å². The van der Waals surface area contributed by atoms with Crippen LogP contribution in [-0.2, 0) is 4.74 Å². The second kappa shape index (κ2) is 5.13. The van der Waals surface area contributed by atoms with Gasteiger partial charge in [-0.2, -0.15) is 0 Å². The lowest BCUT2D eigenvalue weighted by molar-refractivity contribution is 0.0557. The van der Waals surface area contributed by atoms with Crippen molar-refractivity contribution in [2.24, 2.45) is 11.8 Å². The van der Waals surface area contributed by atoms with Gasteiger partial charge in [0.25, 0.3) is 0 Å². The van der Waals surface area contributed by atoms with Crippen LogP contribution in [0.5, 0.6) is 0 Å². The molecule has 0 aromatic carbocycles. The minimum atomic E-state index is 0.744. The fourth-order valence-corrected chi connectivity index (χ4v) is 2.90. The molecule has 0 amide bonds. The van der Waals surface area contributed by atoms with E-state index in [0.29, 0.717) is 0 Å². The topological polar surface area (TPSA) is 21.3 Å². The molecule has 2 unspecified atom stereocenters. The molecule has 2 rings (SSSR count). The molecule has 2 nitrogen and oxygen atoms in total. The summed E-state index contributed by atoms with van der Waals surface area (Å²) in [4.78, 5) is 0. The maximum absolute atomic E-state index is 5.40. The molecule has 2 aliphatic rings. The Kier molecular flexibility index (Phi) is 3.82. The average Bonchev–Trinajstić information content (AvgIpc) is 2.19. The van der Waals surface area contributed by atoms with Gasteiger partial charge in [-0.15, -0.1) is 0 Å². The molecule has 0 saturated carbocycles. The first-order valence-corrected chi connectivity index (χ1v) is 6.15. The average molecular weight is 197 g/mol. The maximum Gasteiger partial charge on any atom is 0.0468 e. The fourth-order valence-electron chi connectivity index (χ4n) is 2.90. The standard InChI is InChI=1S/C12H23NO/c1-10-8-12(2-5-13-10)9-11-3-6-14-7-4-11/h10-13H,2-9H2,1H3. The summed E-state index contributed by atoms with van der Waals surface area (Å²) in [7, 11) is 0. The fraction of sp³-hybridized carbons (Fsp3) is 1.00. The second-order valence-electron chi connectivity index (χ2n) is 5.04. The Morgan fingerprint density at radius 2 is 1.93 bits per heavy atom. The summed E-state index contributed by atoms with van der Waals surface area (Å²) in [5, 5.41) is 3.52. The third kappa shape index (κ3) is 2.96. The highest BCUT2D eigenvalue weighted by Crippen LogP contribution is 2.28. The summed E-state index contributed by atoms with van der Waals surface area (Å²) in [6.45, 7) is 5.56. The van der Waals surface area contributed by atoms with Crippen molar-refractivity contribution in [2.45, 2.75) is 45.1 Å². The van der Waals surface area contributed by atoms with E-state index in [1.807, 2.05) is 0 Å². The minimum Gasteiger partial charge on any atom is -0.381 e. The largest absolute Gasteiger partial charge is 0.381 e. The number of nitrogens with one attached hydrogen (secondary N) is 1. The first-order chi connectivity index (χ1) is 6.84. The minimum absolute atomic E-state index is 0.744. The first-order valence-electron chi connectivity index (χ1n) is 6.15. The van der Waals surface area contributed by atoms with Gasteiger partial charge in [0.15, 0.2) is 0 Å². The smallest absolute Gasteiger partial charge is 0.0468 e. The summed E-state index contributed by atoms with van der Waals surface area (Å²) in [6.07, 6.45) is 6.84. The van der Waals surface area contributed by atoms with Crippen LogP contribution in [-0.4, -0.2) is 25.8 Å². The lowest BCUT2D eigenvalue weighted by atomic mass is 9.82. The Morgan fingerprint density at radius 3 is 2.64 bits per heavy atom. The third-order valence-corrected chi connectivity index (χ3v) is 3.74. The van der Waals surface area contributed by atoms with Crippen LogP contribution in [0.4, 0.5) is 0 Å². The molecular weight excluding hydrogens is 174 g/mol. The molecule has 2 saturated heterocycles. The van der Waals surface area contributed by atoms with Gasteiger partial charge in [0.1, 0.15) is 0 Å². The molecule has 0 aromatic heterocycles. The van der Waals surface area contributed by atoms with Gasteiger partial charge >= 0.3 is 0 Å². The maximum atomic E-state index is 5.40. The van der Waals surface area contributed by atoms with E-state index in [2.05, 4.69) is 12.2 Å². The van der Waals surface area contributed by atoms with E-state index in [4.69, 9.17) is 4.74 Å². The molecule has 0 spiro atoms. The SMILES string of the molecule is CC1CC(CC2CCOCC2)CCN1. The third-order valence-electron chi connectivity index (χ3n) is 3.74. The van der Waals surface area contributed by atoms with Crippen molar-refractivity contribution < 1.29 is 4.74 Å². The summed E-state index contributed by atoms with van der Waals surface area (Å²) in [6, 6.07) is 0.744. The molecule has 1 N–H and O–H groups in total. The van der Waals surface area contributed by atoms with Gasteiger partial charge in [0, 0.05) is 19.3 Å². The van der Waals surface area contributed by atoms with E-state index in [0.717, 1.165) is 31.1 Å². The van der Waals surface area contributed by atoms with Crippen LogP contribution < -0.4 is 5.32 Å². The number of rotatable bonds is 2. The molecule has 2 atom stereocenters. The van der Waals surface area contributed by atoms with Crippen LogP contribution in [0.3, 0.4) is 0 Å². The van der Waals surface area contributed by atoms with Crippen LogP contribution in [0.2, 0.25) is 0 Å². The van der Waals surface area contributed by atoms with Crippen molar-refractivity contribution in [3.05, 3.63) is 0 Å². The molecule has 2 heterocycles. The van der Waals surface area contributed by atoms with Crippen molar-refractivity contribution in [1.29, 1.82) is 0 Å². The van der Waals surface area contributed by atoms with Crippen LogP contribution in [0.15, 0.2) is 0 Å². The predicted molar refractivity (Wildman–Crippen MR) is 58.3 cm³/mol. The van der Waals surface area contributed by atoms with Gasteiger partial charge in [-0.25, -0.2) is 0 Å². The van der Waals surface area contributed by atoms with Gasteiger partial charge in [-0.3, -0.25) is 0 Å². The summed E-state index contributed by atoms with van der Waals surface area (Å²) < 4.78 is 5.40. The van der Waals surface area contributed by atoms with Crippen molar-refractivity contribution in [3.63, 3.8) is 0 Å². The summed E-state index contributed by atoms with van der Waals surface area (Å²) in [5.41, 5.74) is 0. The first kappa shape index (κ1) is 10.4. The molecule has 0 aromatic rings. The molecule has 0 aliphatic carbocycles. The second-order valence-corrected chi connectivity index (χ2v) is 5.04. The molecule has 2 fully saturated rings. The quantitative estimate of drug-likeness (QED) is 0.732. The zero-order valence-electron chi connectivity index (χ0n) is 9.30. The molecular formula is C12H23NO. The normalized spacial score (nSPS) is 35.8. The molecule has 82 valence electrons. The van der Waals surface area contributed by atoms with Gasteiger partial charge < -0.3 is 10.1 Å². The van der Waals surface area contributed by atoms with Crippen molar-refractivity contribution >= 4 is 0 Å². The van der Waals surface area contributed by atoms with E-state index in [9.17, 15) is 0 Å². The number of hydrogen-bond donors (Lipinski definition) is 1. The Morgan fingerprint density at radius 1 is 1.14 bits per heavy atom. The van der Waals surface area contributed by atoms with Crippen LogP contribution in [0.1, 0.15) is 39.0 Å². The molecule has 0 bridgehead atoms. The highest BCUT2D eigenvalue weighted by Gasteiger charge is 2.23. The van der Waals surface area contributed by atoms with E-state index >= 15 is 0 Å². The Labute approximate surface area is 87.4 Å². The molecule has 0 radical (unpaired) electrons. The number of ether oxygens (including phenoxy) is 1. The molecule has 14 heavy (non-hydrogen) atoms. The number of piperidine rings is 1. The van der Waals surface area contributed by atoms with E-state index in [-0.39, 0.29) is 0 Å². The monoisotopic (exact) mass is 197 g/mol. The predicted octanol–water partition coefficient (Wildman–Crippen LogP) is 2.19. The highest BCUT2D eigenvalue weighted by molar-refractivity contribution is 4.78. The van der Waals surface area contributed by atoms with E-state index < -0.39 is 0 Å². The van der Waals surface area contributed by atoms with Gasteiger partial charge in [0.2, 0.25) is 0 Å². The van der Waals surface area contributed by atoms with Gasteiger partial charge in [-0.1, -0.05) is 0 Å². The Hall–Kier alpha value is -0.0800. The lowest BCUT2D eigenvalue weighted by Gasteiger charge is -2.32. The van der Waals surface area contributed by atoms with Crippen LogP contribution in [0, 0.1) is 11.8 Å². The van der Waals surface area contributed by atoms with Gasteiger partial charge in [0.05, 0.1) is 0 Å². The van der Waals surface area contributed by atoms with Crippen LogP contribution in [0.25, 0.3) is 0 Å². The summed E-state index contributed by atoms with van der Waals surface area (Å²) in [5.74, 6) is 1.94. The molecule has 2 aliphatic heterocycles. The lowest BCUT2D eigenvalue weighted by Crippen LogP contribution is -2.36. The van der Waals surface area contributed by atoms with Crippen molar-refractivity contribution in [3.8, 4) is 0 Å². The zero-order valence-corrected chi connectivity index (χ0v) is 9.30.